The van der Waals surface area contributed by atoms with Crippen LogP contribution >= 0.6 is 0 Å². The first kappa shape index (κ1) is 20.6. The predicted molar refractivity (Wildman–Crippen MR) is 118 cm³/mol. The number of guanidine groups is 1. The smallest absolute Gasteiger partial charge is 0.216 e. The first-order valence-electron chi connectivity index (χ1n) is 10.2. The number of hydrogen-bond acceptors (Lipinski definition) is 3. The van der Waals surface area contributed by atoms with E-state index in [-0.39, 0.29) is 0 Å². The standard InChI is InChI=1S/C24H30N4O/c1-4-25-24(27-17-23-28-18(2)19(3)29-23)26-16-15-22(20-11-7-5-8-12-20)21-13-9-6-10-14-21/h5-14,22H,4,15-17H2,1-3H3,(H2,25,26,27). The van der Waals surface area contributed by atoms with Crippen LogP contribution in [-0.2, 0) is 6.54 Å². The van der Waals surface area contributed by atoms with Gasteiger partial charge in [0.05, 0.1) is 5.69 Å². The molecule has 3 aromatic rings. The van der Waals surface area contributed by atoms with E-state index >= 15 is 0 Å². The Bertz CT molecular complexity index is 844. The summed E-state index contributed by atoms with van der Waals surface area (Å²) in [4.78, 5) is 9.02. The SMILES string of the molecule is CCNC(=NCc1nc(C)c(C)o1)NCCC(c1ccccc1)c1ccccc1. The Kier molecular flexibility index (Phi) is 7.45. The van der Waals surface area contributed by atoms with E-state index in [1.807, 2.05) is 13.8 Å². The van der Waals surface area contributed by atoms with E-state index < -0.39 is 0 Å². The molecule has 1 heterocycles. The van der Waals surface area contributed by atoms with Gasteiger partial charge in [0.1, 0.15) is 12.3 Å². The summed E-state index contributed by atoms with van der Waals surface area (Å²) < 4.78 is 5.63. The first-order valence-corrected chi connectivity index (χ1v) is 10.2. The zero-order valence-electron chi connectivity index (χ0n) is 17.5. The van der Waals surface area contributed by atoms with Crippen molar-refractivity contribution in [2.75, 3.05) is 13.1 Å². The lowest BCUT2D eigenvalue weighted by molar-refractivity contribution is 0.472. The lowest BCUT2D eigenvalue weighted by atomic mass is 9.88. The molecule has 0 amide bonds. The van der Waals surface area contributed by atoms with Gasteiger partial charge in [0, 0.05) is 19.0 Å². The van der Waals surface area contributed by atoms with Crippen molar-refractivity contribution in [2.45, 2.75) is 39.7 Å². The van der Waals surface area contributed by atoms with Crippen LogP contribution in [-0.4, -0.2) is 24.0 Å². The molecule has 152 valence electrons. The maximum Gasteiger partial charge on any atom is 0.216 e. The van der Waals surface area contributed by atoms with E-state index in [0.717, 1.165) is 36.9 Å². The number of oxazole rings is 1. The van der Waals surface area contributed by atoms with E-state index in [2.05, 4.69) is 88.2 Å². The van der Waals surface area contributed by atoms with Crippen LogP contribution in [0.15, 0.2) is 70.1 Å². The fraction of sp³-hybridized carbons (Fsp3) is 0.333. The van der Waals surface area contributed by atoms with Gasteiger partial charge < -0.3 is 15.1 Å². The molecule has 0 spiro atoms. The zero-order chi connectivity index (χ0) is 20.5. The van der Waals surface area contributed by atoms with Crippen molar-refractivity contribution in [1.29, 1.82) is 0 Å². The molecular weight excluding hydrogens is 360 g/mol. The Morgan fingerprint density at radius 1 is 0.966 bits per heavy atom. The summed E-state index contributed by atoms with van der Waals surface area (Å²) in [5.74, 6) is 2.61. The number of hydrogen-bond donors (Lipinski definition) is 2. The topological polar surface area (TPSA) is 62.5 Å². The molecule has 0 bridgehead atoms. The molecule has 0 fully saturated rings. The normalized spacial score (nSPS) is 11.7. The van der Waals surface area contributed by atoms with Crippen molar-refractivity contribution in [3.63, 3.8) is 0 Å². The Hall–Kier alpha value is -3.08. The zero-order valence-corrected chi connectivity index (χ0v) is 17.5. The van der Waals surface area contributed by atoms with Crippen LogP contribution in [0.5, 0.6) is 0 Å². The second-order valence-electron chi connectivity index (χ2n) is 7.03. The van der Waals surface area contributed by atoms with E-state index in [4.69, 9.17) is 4.42 Å². The summed E-state index contributed by atoms with van der Waals surface area (Å²) in [6.45, 7) is 7.97. The minimum Gasteiger partial charge on any atom is -0.444 e. The highest BCUT2D eigenvalue weighted by atomic mass is 16.4. The van der Waals surface area contributed by atoms with Gasteiger partial charge in [-0.2, -0.15) is 0 Å². The number of aryl methyl sites for hydroxylation is 2. The average molecular weight is 391 g/mol. The highest BCUT2D eigenvalue weighted by Crippen LogP contribution is 2.27. The number of aromatic nitrogens is 1. The van der Waals surface area contributed by atoms with Crippen molar-refractivity contribution in [2.24, 2.45) is 4.99 Å². The van der Waals surface area contributed by atoms with Gasteiger partial charge in [0.15, 0.2) is 5.96 Å². The largest absolute Gasteiger partial charge is 0.444 e. The third-order valence-corrected chi connectivity index (χ3v) is 4.92. The van der Waals surface area contributed by atoms with E-state index in [1.54, 1.807) is 0 Å². The lowest BCUT2D eigenvalue weighted by Gasteiger charge is -2.19. The molecule has 0 saturated carbocycles. The molecule has 29 heavy (non-hydrogen) atoms. The van der Waals surface area contributed by atoms with Gasteiger partial charge in [-0.15, -0.1) is 0 Å². The number of rotatable bonds is 8. The summed E-state index contributed by atoms with van der Waals surface area (Å²) in [5.41, 5.74) is 3.57. The van der Waals surface area contributed by atoms with Gasteiger partial charge in [-0.1, -0.05) is 60.7 Å². The van der Waals surface area contributed by atoms with Crippen LogP contribution in [0.3, 0.4) is 0 Å². The lowest BCUT2D eigenvalue weighted by Crippen LogP contribution is -2.38. The van der Waals surface area contributed by atoms with Crippen LogP contribution in [0.25, 0.3) is 0 Å². The molecular formula is C24H30N4O. The summed E-state index contributed by atoms with van der Waals surface area (Å²) >= 11 is 0. The summed E-state index contributed by atoms with van der Waals surface area (Å²) in [6, 6.07) is 21.3. The third-order valence-electron chi connectivity index (χ3n) is 4.92. The molecule has 0 aliphatic heterocycles. The summed E-state index contributed by atoms with van der Waals surface area (Å²) in [5, 5.41) is 6.75. The first-order chi connectivity index (χ1) is 14.2. The quantitative estimate of drug-likeness (QED) is 0.437. The number of aliphatic imine (C=N–C) groups is 1. The van der Waals surface area contributed by atoms with Crippen molar-refractivity contribution in [3.05, 3.63) is 89.1 Å². The Balaban J connectivity index is 1.65. The Morgan fingerprint density at radius 2 is 1.59 bits per heavy atom. The number of benzene rings is 2. The van der Waals surface area contributed by atoms with E-state index in [1.165, 1.54) is 11.1 Å². The molecule has 2 aromatic carbocycles. The fourth-order valence-corrected chi connectivity index (χ4v) is 3.33. The van der Waals surface area contributed by atoms with Crippen LogP contribution in [0.1, 0.15) is 47.7 Å². The Morgan fingerprint density at radius 3 is 2.10 bits per heavy atom. The highest BCUT2D eigenvalue weighted by Gasteiger charge is 2.14. The highest BCUT2D eigenvalue weighted by molar-refractivity contribution is 5.79. The fourth-order valence-electron chi connectivity index (χ4n) is 3.33. The monoisotopic (exact) mass is 390 g/mol. The van der Waals surface area contributed by atoms with Gasteiger partial charge in [-0.3, -0.25) is 0 Å². The second kappa shape index (κ2) is 10.5. The summed E-state index contributed by atoms with van der Waals surface area (Å²) in [6.07, 6.45) is 0.968. The molecule has 5 heteroatoms. The molecule has 2 N–H and O–H groups in total. The van der Waals surface area contributed by atoms with Gasteiger partial charge in [-0.05, 0) is 38.3 Å². The van der Waals surface area contributed by atoms with Crippen molar-refractivity contribution >= 4 is 5.96 Å². The molecule has 0 aliphatic carbocycles. The molecule has 0 atom stereocenters. The van der Waals surface area contributed by atoms with E-state index in [9.17, 15) is 0 Å². The Labute approximate surface area is 173 Å². The maximum atomic E-state index is 5.63. The van der Waals surface area contributed by atoms with Gasteiger partial charge in [-0.25, -0.2) is 9.98 Å². The van der Waals surface area contributed by atoms with Crippen LogP contribution in [0.4, 0.5) is 0 Å². The van der Waals surface area contributed by atoms with Crippen LogP contribution in [0.2, 0.25) is 0 Å². The maximum absolute atomic E-state index is 5.63. The molecule has 0 radical (unpaired) electrons. The average Bonchev–Trinajstić information content (AvgIpc) is 3.08. The molecule has 1 aromatic heterocycles. The van der Waals surface area contributed by atoms with Crippen molar-refractivity contribution in [1.82, 2.24) is 15.6 Å². The van der Waals surface area contributed by atoms with Crippen molar-refractivity contribution in [3.8, 4) is 0 Å². The molecule has 3 rings (SSSR count). The van der Waals surface area contributed by atoms with Gasteiger partial charge >= 0.3 is 0 Å². The van der Waals surface area contributed by atoms with Crippen LogP contribution < -0.4 is 10.6 Å². The molecule has 0 saturated heterocycles. The number of nitrogens with zero attached hydrogens (tertiary/aromatic N) is 2. The van der Waals surface area contributed by atoms with Gasteiger partial charge in [0.2, 0.25) is 5.89 Å². The van der Waals surface area contributed by atoms with Crippen LogP contribution in [0, 0.1) is 13.8 Å². The second-order valence-corrected chi connectivity index (χ2v) is 7.03. The predicted octanol–water partition coefficient (Wildman–Crippen LogP) is 4.57. The third kappa shape index (κ3) is 5.95. The minimum atomic E-state index is 0.338. The molecule has 0 unspecified atom stereocenters. The minimum absolute atomic E-state index is 0.338. The molecule has 0 aliphatic rings. The summed E-state index contributed by atoms with van der Waals surface area (Å²) in [7, 11) is 0. The van der Waals surface area contributed by atoms with E-state index in [0.29, 0.717) is 18.4 Å². The number of nitrogens with one attached hydrogen (secondary N) is 2. The van der Waals surface area contributed by atoms with Gasteiger partial charge in [0.25, 0.3) is 0 Å². The molecule has 5 nitrogen and oxygen atoms in total. The van der Waals surface area contributed by atoms with Crippen molar-refractivity contribution < 1.29 is 4.42 Å².